The van der Waals surface area contributed by atoms with E-state index in [1.54, 1.807) is 13.8 Å². The highest BCUT2D eigenvalue weighted by Gasteiger charge is 2.50. The van der Waals surface area contributed by atoms with E-state index in [9.17, 15) is 32.3 Å². The van der Waals surface area contributed by atoms with Crippen LogP contribution in [-0.4, -0.2) is 91.8 Å². The van der Waals surface area contributed by atoms with Crippen LogP contribution in [0.5, 0.6) is 5.75 Å². The van der Waals surface area contributed by atoms with E-state index in [1.165, 1.54) is 12.1 Å². The standard InChI is InChI=1S/C31H42F3N3O7/c1-20(35-27(39)18-37-11-13-42-14-12-37)26(38)17-23(15-22-7-9-24(10-8-22)44-31(32,33)34)29(41)36-25(16-21-5-3-4-6-21)28(40)30(2)19-43-30/h7-10,20-21,23,25H,3-6,11-19H2,1-2H3,(H,35,39)(H,36,41)/t20-,23+,25-,30+/m0/s1. The Balaban J connectivity index is 1.45. The van der Waals surface area contributed by atoms with E-state index in [1.807, 2.05) is 4.90 Å². The molecular weight excluding hydrogens is 583 g/mol. The van der Waals surface area contributed by atoms with Gasteiger partial charge in [-0.25, -0.2) is 0 Å². The molecule has 1 aromatic rings. The summed E-state index contributed by atoms with van der Waals surface area (Å²) in [5, 5.41) is 5.60. The zero-order chi connectivity index (χ0) is 31.9. The topological polar surface area (TPSA) is 127 Å². The second-order valence-corrected chi connectivity index (χ2v) is 12.3. The van der Waals surface area contributed by atoms with Gasteiger partial charge in [0.1, 0.15) is 11.4 Å². The number of ether oxygens (including phenoxy) is 3. The molecule has 0 aromatic heterocycles. The number of hydrogen-bond acceptors (Lipinski definition) is 8. The van der Waals surface area contributed by atoms with Gasteiger partial charge >= 0.3 is 6.36 Å². The summed E-state index contributed by atoms with van der Waals surface area (Å²) in [6.07, 6.45) is -0.537. The molecule has 2 heterocycles. The highest BCUT2D eigenvalue weighted by Crippen LogP contribution is 2.34. The number of benzene rings is 1. The largest absolute Gasteiger partial charge is 0.573 e. The molecule has 0 radical (unpaired) electrons. The van der Waals surface area contributed by atoms with Crippen LogP contribution in [0.1, 0.15) is 57.9 Å². The normalized spacial score (nSPS) is 22.9. The van der Waals surface area contributed by atoms with E-state index >= 15 is 0 Å². The molecule has 44 heavy (non-hydrogen) atoms. The van der Waals surface area contributed by atoms with E-state index in [0.717, 1.165) is 37.8 Å². The lowest BCUT2D eigenvalue weighted by molar-refractivity contribution is -0.274. The van der Waals surface area contributed by atoms with Gasteiger partial charge in [0.05, 0.1) is 38.4 Å². The Bertz CT molecular complexity index is 1160. The first kappa shape index (κ1) is 33.9. The number of halogens is 3. The third-order valence-corrected chi connectivity index (χ3v) is 8.56. The molecule has 4 atom stereocenters. The molecule has 0 bridgehead atoms. The summed E-state index contributed by atoms with van der Waals surface area (Å²) in [5.74, 6) is -2.49. The predicted octanol–water partition coefficient (Wildman–Crippen LogP) is 2.96. The van der Waals surface area contributed by atoms with Crippen molar-refractivity contribution in [2.45, 2.75) is 82.8 Å². The molecule has 1 saturated carbocycles. The van der Waals surface area contributed by atoms with Gasteiger partial charge in [0.15, 0.2) is 11.6 Å². The number of ketones is 2. The number of amides is 2. The predicted molar refractivity (Wildman–Crippen MR) is 153 cm³/mol. The van der Waals surface area contributed by atoms with Crippen molar-refractivity contribution in [1.82, 2.24) is 15.5 Å². The Hall–Kier alpha value is -3.03. The molecule has 10 nitrogen and oxygen atoms in total. The average molecular weight is 626 g/mol. The summed E-state index contributed by atoms with van der Waals surface area (Å²) in [6, 6.07) is 3.43. The van der Waals surface area contributed by atoms with Gasteiger partial charge in [-0.1, -0.05) is 37.8 Å². The smallest absolute Gasteiger partial charge is 0.406 e. The molecule has 4 rings (SSSR count). The van der Waals surface area contributed by atoms with E-state index in [4.69, 9.17) is 9.47 Å². The fourth-order valence-corrected chi connectivity index (χ4v) is 5.84. The Morgan fingerprint density at radius 2 is 1.70 bits per heavy atom. The number of rotatable bonds is 15. The summed E-state index contributed by atoms with van der Waals surface area (Å²) in [7, 11) is 0. The van der Waals surface area contributed by atoms with Crippen molar-refractivity contribution in [2.24, 2.45) is 11.8 Å². The van der Waals surface area contributed by atoms with Gasteiger partial charge in [0, 0.05) is 25.4 Å². The average Bonchev–Trinajstić information content (AvgIpc) is 3.50. The maximum absolute atomic E-state index is 13.7. The number of carbonyl (C=O) groups is 4. The molecule has 3 aliphatic rings. The van der Waals surface area contributed by atoms with Crippen LogP contribution in [0.3, 0.4) is 0 Å². The highest BCUT2D eigenvalue weighted by molar-refractivity contribution is 5.98. The van der Waals surface area contributed by atoms with Crippen molar-refractivity contribution < 1.29 is 46.6 Å². The summed E-state index contributed by atoms with van der Waals surface area (Å²) in [5.41, 5.74) is -0.442. The van der Waals surface area contributed by atoms with Gasteiger partial charge < -0.3 is 24.8 Å². The quantitative estimate of drug-likeness (QED) is 0.285. The summed E-state index contributed by atoms with van der Waals surface area (Å²) < 4.78 is 52.5. The van der Waals surface area contributed by atoms with Crippen molar-refractivity contribution in [3.05, 3.63) is 29.8 Å². The number of hydrogen-bond donors (Lipinski definition) is 2. The second kappa shape index (κ2) is 14.8. The van der Waals surface area contributed by atoms with Crippen LogP contribution in [0.2, 0.25) is 0 Å². The van der Waals surface area contributed by atoms with Crippen LogP contribution in [0.25, 0.3) is 0 Å². The molecule has 13 heteroatoms. The van der Waals surface area contributed by atoms with Gasteiger partial charge in [-0.05, 0) is 50.3 Å². The fraction of sp³-hybridized carbons (Fsp3) is 0.677. The van der Waals surface area contributed by atoms with Crippen LogP contribution in [0.4, 0.5) is 13.2 Å². The summed E-state index contributed by atoms with van der Waals surface area (Å²) in [6.45, 7) is 5.90. The molecule has 0 spiro atoms. The minimum atomic E-state index is -4.85. The molecule has 1 aromatic carbocycles. The van der Waals surface area contributed by atoms with E-state index in [-0.39, 0.29) is 49.4 Å². The molecule has 1 aliphatic carbocycles. The van der Waals surface area contributed by atoms with Crippen LogP contribution >= 0.6 is 0 Å². The number of epoxide rings is 1. The molecule has 244 valence electrons. The van der Waals surface area contributed by atoms with Gasteiger partial charge in [-0.3, -0.25) is 24.1 Å². The molecule has 2 saturated heterocycles. The number of morpholine rings is 1. The van der Waals surface area contributed by atoms with Crippen LogP contribution < -0.4 is 15.4 Å². The second-order valence-electron chi connectivity index (χ2n) is 12.3. The van der Waals surface area contributed by atoms with Crippen LogP contribution in [-0.2, 0) is 35.1 Å². The number of Topliss-reactive ketones (excluding diaryl/α,β-unsaturated/α-hetero) is 2. The van der Waals surface area contributed by atoms with E-state index < -0.39 is 41.6 Å². The van der Waals surface area contributed by atoms with Gasteiger partial charge in [0.25, 0.3) is 0 Å². The maximum atomic E-state index is 13.7. The lowest BCUT2D eigenvalue weighted by Crippen LogP contribution is -2.50. The van der Waals surface area contributed by atoms with Gasteiger partial charge in [-0.15, -0.1) is 13.2 Å². The van der Waals surface area contributed by atoms with Crippen molar-refractivity contribution in [3.8, 4) is 5.75 Å². The SMILES string of the molecule is C[C@H](NC(=O)CN1CCOCC1)C(=O)C[C@@H](Cc1ccc(OC(F)(F)F)cc1)C(=O)N[C@@H](CC1CCCC1)C(=O)[C@@]1(C)CO1. The Morgan fingerprint density at radius 3 is 2.30 bits per heavy atom. The highest BCUT2D eigenvalue weighted by atomic mass is 19.4. The third-order valence-electron chi connectivity index (χ3n) is 8.56. The first-order chi connectivity index (χ1) is 20.8. The Kier molecular flexibility index (Phi) is 11.4. The number of nitrogens with zero attached hydrogens (tertiary/aromatic N) is 1. The zero-order valence-electron chi connectivity index (χ0n) is 25.3. The van der Waals surface area contributed by atoms with Crippen LogP contribution in [0.15, 0.2) is 24.3 Å². The van der Waals surface area contributed by atoms with Crippen molar-refractivity contribution >= 4 is 23.4 Å². The third kappa shape index (κ3) is 10.3. The van der Waals surface area contributed by atoms with Crippen molar-refractivity contribution in [1.29, 1.82) is 0 Å². The monoisotopic (exact) mass is 625 g/mol. The van der Waals surface area contributed by atoms with Crippen molar-refractivity contribution in [3.63, 3.8) is 0 Å². The first-order valence-electron chi connectivity index (χ1n) is 15.3. The lowest BCUT2D eigenvalue weighted by atomic mass is 9.88. The minimum Gasteiger partial charge on any atom is -0.406 e. The fourth-order valence-electron chi connectivity index (χ4n) is 5.84. The number of alkyl halides is 3. The number of carbonyl (C=O) groups excluding carboxylic acids is 4. The minimum absolute atomic E-state index is 0.0242. The van der Waals surface area contributed by atoms with E-state index in [2.05, 4.69) is 15.4 Å². The molecule has 2 aliphatic heterocycles. The molecule has 2 amide bonds. The molecule has 3 fully saturated rings. The summed E-state index contributed by atoms with van der Waals surface area (Å²) in [4.78, 5) is 54.9. The molecular formula is C31H42F3N3O7. The van der Waals surface area contributed by atoms with E-state index in [0.29, 0.717) is 38.3 Å². The summed E-state index contributed by atoms with van der Waals surface area (Å²) >= 11 is 0. The van der Waals surface area contributed by atoms with Crippen molar-refractivity contribution in [2.75, 3.05) is 39.5 Å². The maximum Gasteiger partial charge on any atom is 0.573 e. The Morgan fingerprint density at radius 1 is 1.07 bits per heavy atom. The van der Waals surface area contributed by atoms with Gasteiger partial charge in [0.2, 0.25) is 11.8 Å². The van der Waals surface area contributed by atoms with Gasteiger partial charge in [-0.2, -0.15) is 0 Å². The lowest BCUT2D eigenvalue weighted by Gasteiger charge is -2.27. The molecule has 2 N–H and O–H groups in total. The Labute approximate surface area is 255 Å². The number of nitrogens with one attached hydrogen (secondary N) is 2. The zero-order valence-corrected chi connectivity index (χ0v) is 25.3. The molecule has 0 unspecified atom stereocenters. The van der Waals surface area contributed by atoms with Crippen LogP contribution in [0, 0.1) is 11.8 Å². The first-order valence-corrected chi connectivity index (χ1v) is 15.3.